The molecule has 1 heterocycles. The molecule has 0 spiro atoms. The second-order valence-electron chi connectivity index (χ2n) is 4.72. The molecule has 1 aliphatic carbocycles. The molecule has 2 rings (SSSR count). The zero-order chi connectivity index (χ0) is 10.2. The number of allylic oxidation sites excluding steroid dienone is 4. The lowest BCUT2D eigenvalue weighted by Crippen LogP contribution is -2.37. The highest BCUT2D eigenvalue weighted by Gasteiger charge is 2.32. The third kappa shape index (κ3) is 1.49. The minimum atomic E-state index is 0.118. The zero-order valence-corrected chi connectivity index (χ0v) is 9.17. The average molecular weight is 190 g/mol. The molecule has 0 saturated carbocycles. The van der Waals surface area contributed by atoms with E-state index in [0.717, 1.165) is 13.1 Å². The lowest BCUT2D eigenvalue weighted by Gasteiger charge is -2.36. The molecule has 0 aromatic heterocycles. The summed E-state index contributed by atoms with van der Waals surface area (Å²) in [4.78, 5) is 4.32. The zero-order valence-electron chi connectivity index (χ0n) is 9.17. The summed E-state index contributed by atoms with van der Waals surface area (Å²) in [5.74, 6) is 0.639. The monoisotopic (exact) mass is 190 g/mol. The molecule has 0 saturated heterocycles. The van der Waals surface area contributed by atoms with Gasteiger partial charge in [0.2, 0.25) is 0 Å². The molecule has 2 heteroatoms. The van der Waals surface area contributed by atoms with Gasteiger partial charge in [-0.25, -0.2) is 0 Å². The molecule has 0 aromatic rings. The van der Waals surface area contributed by atoms with Crippen molar-refractivity contribution in [3.8, 4) is 0 Å². The van der Waals surface area contributed by atoms with Crippen molar-refractivity contribution >= 4 is 6.21 Å². The van der Waals surface area contributed by atoms with Gasteiger partial charge in [-0.1, -0.05) is 25.5 Å². The first-order valence-electron chi connectivity index (χ1n) is 5.28. The van der Waals surface area contributed by atoms with E-state index in [1.807, 2.05) is 0 Å². The summed E-state index contributed by atoms with van der Waals surface area (Å²) < 4.78 is 0. The maximum Gasteiger partial charge on any atom is 0.107 e. The Labute approximate surface area is 85.8 Å². The van der Waals surface area contributed by atoms with Crippen LogP contribution >= 0.6 is 0 Å². The van der Waals surface area contributed by atoms with Crippen LogP contribution in [0.4, 0.5) is 0 Å². The molecule has 1 atom stereocenters. The van der Waals surface area contributed by atoms with Gasteiger partial charge in [-0.2, -0.15) is 0 Å². The summed E-state index contributed by atoms with van der Waals surface area (Å²) in [6.07, 6.45) is 7.68. The second-order valence-corrected chi connectivity index (χ2v) is 4.72. The van der Waals surface area contributed by atoms with Gasteiger partial charge in [-0.3, -0.25) is 4.99 Å². The molecule has 0 radical (unpaired) electrons. The molecule has 2 nitrogen and oxygen atoms in total. The third-order valence-electron chi connectivity index (χ3n) is 3.13. The maximum absolute atomic E-state index is 4.32. The number of nitrogens with zero attached hydrogens (tertiary/aromatic N) is 1. The van der Waals surface area contributed by atoms with Gasteiger partial charge in [0.05, 0.1) is 0 Å². The van der Waals surface area contributed by atoms with E-state index in [0.29, 0.717) is 5.92 Å². The number of hydrogen-bond acceptors (Lipinski definition) is 2. The van der Waals surface area contributed by atoms with Gasteiger partial charge in [-0.05, 0) is 25.3 Å². The molecule has 14 heavy (non-hydrogen) atoms. The fraction of sp³-hybridized carbons (Fsp3) is 0.583. The fourth-order valence-corrected chi connectivity index (χ4v) is 2.11. The van der Waals surface area contributed by atoms with Crippen molar-refractivity contribution in [2.24, 2.45) is 16.3 Å². The lowest BCUT2D eigenvalue weighted by atomic mass is 9.75. The Hall–Kier alpha value is -1.05. The Morgan fingerprint density at radius 1 is 1.43 bits per heavy atom. The second kappa shape index (κ2) is 3.26. The van der Waals surface area contributed by atoms with E-state index in [1.165, 1.54) is 11.3 Å². The standard InChI is InChI=1S/C12H18N2/c1-9(2)10-4-5-11-12(3,6-10)7-13-8-14-11/h4-5,7,9,14H,6,8H2,1-3H3. The molecule has 2 aliphatic rings. The quantitative estimate of drug-likeness (QED) is 0.675. The van der Waals surface area contributed by atoms with Gasteiger partial charge in [0, 0.05) is 17.3 Å². The first-order valence-corrected chi connectivity index (χ1v) is 5.28. The molecule has 0 bridgehead atoms. The first kappa shape index (κ1) is 9.50. The van der Waals surface area contributed by atoms with Crippen LogP contribution in [-0.4, -0.2) is 12.9 Å². The van der Waals surface area contributed by atoms with Crippen LogP contribution in [0.2, 0.25) is 0 Å². The summed E-state index contributed by atoms with van der Waals surface area (Å²) in [7, 11) is 0. The van der Waals surface area contributed by atoms with Crippen LogP contribution < -0.4 is 5.32 Å². The van der Waals surface area contributed by atoms with Crippen LogP contribution in [-0.2, 0) is 0 Å². The number of aliphatic imine (C=N–C) groups is 1. The summed E-state index contributed by atoms with van der Waals surface area (Å²) in [6, 6.07) is 0. The van der Waals surface area contributed by atoms with Crippen molar-refractivity contribution in [3.05, 3.63) is 23.4 Å². The number of nitrogens with one attached hydrogen (secondary N) is 1. The van der Waals surface area contributed by atoms with E-state index >= 15 is 0 Å². The lowest BCUT2D eigenvalue weighted by molar-refractivity contribution is 0.466. The minimum absolute atomic E-state index is 0.118. The molecule has 1 N–H and O–H groups in total. The third-order valence-corrected chi connectivity index (χ3v) is 3.13. The average Bonchev–Trinajstić information content (AvgIpc) is 2.15. The first-order chi connectivity index (χ1) is 6.62. The predicted octanol–water partition coefficient (Wildman–Crippen LogP) is 2.49. The fourth-order valence-electron chi connectivity index (χ4n) is 2.11. The van der Waals surface area contributed by atoms with Crippen molar-refractivity contribution < 1.29 is 0 Å². The van der Waals surface area contributed by atoms with Gasteiger partial charge in [-0.15, -0.1) is 0 Å². The Morgan fingerprint density at radius 2 is 2.21 bits per heavy atom. The molecular formula is C12H18N2. The Morgan fingerprint density at radius 3 is 2.93 bits per heavy atom. The summed E-state index contributed by atoms with van der Waals surface area (Å²) in [5, 5.41) is 3.34. The van der Waals surface area contributed by atoms with Crippen molar-refractivity contribution in [2.45, 2.75) is 27.2 Å². The van der Waals surface area contributed by atoms with Crippen molar-refractivity contribution in [2.75, 3.05) is 6.67 Å². The van der Waals surface area contributed by atoms with E-state index in [-0.39, 0.29) is 5.41 Å². The predicted molar refractivity (Wildman–Crippen MR) is 60.2 cm³/mol. The smallest absolute Gasteiger partial charge is 0.107 e. The Kier molecular flexibility index (Phi) is 2.22. The number of fused-ring (bicyclic) bond motifs is 1. The van der Waals surface area contributed by atoms with Gasteiger partial charge < -0.3 is 5.32 Å². The van der Waals surface area contributed by atoms with Crippen LogP contribution in [0.25, 0.3) is 0 Å². The highest BCUT2D eigenvalue weighted by atomic mass is 15.1. The molecule has 1 unspecified atom stereocenters. The summed E-state index contributed by atoms with van der Waals surface area (Å²) >= 11 is 0. The van der Waals surface area contributed by atoms with E-state index in [9.17, 15) is 0 Å². The van der Waals surface area contributed by atoms with E-state index in [4.69, 9.17) is 0 Å². The molecule has 0 amide bonds. The van der Waals surface area contributed by atoms with Crippen molar-refractivity contribution in [3.63, 3.8) is 0 Å². The molecule has 0 aromatic carbocycles. The minimum Gasteiger partial charge on any atom is -0.369 e. The van der Waals surface area contributed by atoms with E-state index < -0.39 is 0 Å². The molecular weight excluding hydrogens is 172 g/mol. The van der Waals surface area contributed by atoms with Gasteiger partial charge in [0.25, 0.3) is 0 Å². The van der Waals surface area contributed by atoms with Crippen LogP contribution in [0.1, 0.15) is 27.2 Å². The van der Waals surface area contributed by atoms with Gasteiger partial charge in [0.15, 0.2) is 0 Å². The van der Waals surface area contributed by atoms with Gasteiger partial charge in [0.1, 0.15) is 6.67 Å². The molecule has 1 aliphatic heterocycles. The normalized spacial score (nSPS) is 30.6. The highest BCUT2D eigenvalue weighted by molar-refractivity contribution is 5.72. The summed E-state index contributed by atoms with van der Waals surface area (Å²) in [5.41, 5.74) is 2.95. The highest BCUT2D eigenvalue weighted by Crippen LogP contribution is 2.38. The Balaban J connectivity index is 2.32. The SMILES string of the molecule is CC(C)C1=CC=C2NCN=CC2(C)C1. The van der Waals surface area contributed by atoms with Crippen LogP contribution in [0, 0.1) is 11.3 Å². The Bertz CT molecular complexity index is 323. The largest absolute Gasteiger partial charge is 0.369 e. The van der Waals surface area contributed by atoms with Gasteiger partial charge >= 0.3 is 0 Å². The maximum atomic E-state index is 4.32. The molecule has 76 valence electrons. The molecule has 0 fully saturated rings. The van der Waals surface area contributed by atoms with E-state index in [1.54, 1.807) is 0 Å². The summed E-state index contributed by atoms with van der Waals surface area (Å²) in [6.45, 7) is 7.49. The van der Waals surface area contributed by atoms with Crippen molar-refractivity contribution in [1.82, 2.24) is 5.32 Å². The van der Waals surface area contributed by atoms with Crippen LogP contribution in [0.3, 0.4) is 0 Å². The van der Waals surface area contributed by atoms with Crippen LogP contribution in [0.5, 0.6) is 0 Å². The van der Waals surface area contributed by atoms with E-state index in [2.05, 4.69) is 49.4 Å². The number of hydrogen-bond donors (Lipinski definition) is 1. The van der Waals surface area contributed by atoms with Crippen molar-refractivity contribution in [1.29, 1.82) is 0 Å². The topological polar surface area (TPSA) is 24.4 Å². The number of rotatable bonds is 1. The van der Waals surface area contributed by atoms with Crippen LogP contribution in [0.15, 0.2) is 28.4 Å².